The second-order valence-electron chi connectivity index (χ2n) is 11.5. The number of hydrogen-bond donors (Lipinski definition) is 0. The lowest BCUT2D eigenvalue weighted by atomic mass is 9.81. The molecule has 1 aliphatic carbocycles. The molecule has 1 aliphatic rings. The molecular weight excluding hydrogens is 384 g/mol. The average Bonchev–Trinajstić information content (AvgIpc) is 2.60. The molecule has 0 unspecified atom stereocenters. The monoisotopic (exact) mass is 430 g/mol. The quantitative estimate of drug-likeness (QED) is 0.361. The minimum Gasteiger partial charge on any atom is -0.547 e. The van der Waals surface area contributed by atoms with Gasteiger partial charge >= 0.3 is 0 Å². The number of benzene rings is 1. The molecule has 0 fully saturated rings. The first-order valence-corrected chi connectivity index (χ1v) is 18.4. The van der Waals surface area contributed by atoms with E-state index in [1.54, 1.807) is 10.8 Å². The highest BCUT2D eigenvalue weighted by Crippen LogP contribution is 2.48. The van der Waals surface area contributed by atoms with Crippen LogP contribution in [0.3, 0.4) is 0 Å². The van der Waals surface area contributed by atoms with Gasteiger partial charge in [-0.1, -0.05) is 89.1 Å². The van der Waals surface area contributed by atoms with Crippen molar-refractivity contribution in [1.29, 1.82) is 0 Å². The van der Waals surface area contributed by atoms with Gasteiger partial charge in [0, 0.05) is 6.42 Å². The Kier molecular flexibility index (Phi) is 8.44. The standard InChI is InChI=1S/C26H46OSi2/c1-20(2)14-13-15-22(4)26-24(27-28(5,6)7)18-21(3)19-25(26)29(8,9)23-16-11-10-12-17-23/h10-12,16-17,20-22,25H,13-15,18-19H2,1-9H3/t21-,22+,25+/m0/s1. The largest absolute Gasteiger partial charge is 0.547 e. The number of allylic oxidation sites excluding steroid dienone is 2. The van der Waals surface area contributed by atoms with Crippen molar-refractivity contribution in [3.63, 3.8) is 0 Å². The smallest absolute Gasteiger partial charge is 0.241 e. The van der Waals surface area contributed by atoms with Crippen molar-refractivity contribution in [2.24, 2.45) is 17.8 Å². The van der Waals surface area contributed by atoms with Gasteiger partial charge < -0.3 is 4.43 Å². The third kappa shape index (κ3) is 6.85. The summed E-state index contributed by atoms with van der Waals surface area (Å²) in [5, 5.41) is 1.60. The Labute approximate surface area is 183 Å². The lowest BCUT2D eigenvalue weighted by Crippen LogP contribution is -2.49. The third-order valence-corrected chi connectivity index (χ3v) is 11.6. The molecule has 0 bridgehead atoms. The highest BCUT2D eigenvalue weighted by atomic mass is 28.4. The molecule has 1 aromatic rings. The lowest BCUT2D eigenvalue weighted by molar-refractivity contribution is 0.313. The van der Waals surface area contributed by atoms with E-state index in [2.05, 4.69) is 90.8 Å². The Morgan fingerprint density at radius 2 is 1.59 bits per heavy atom. The molecule has 1 aromatic carbocycles. The lowest BCUT2D eigenvalue weighted by Gasteiger charge is -2.44. The van der Waals surface area contributed by atoms with Crippen molar-refractivity contribution >= 4 is 21.6 Å². The van der Waals surface area contributed by atoms with Crippen LogP contribution in [0.2, 0.25) is 38.3 Å². The maximum atomic E-state index is 6.81. The van der Waals surface area contributed by atoms with Crippen LogP contribution in [0.5, 0.6) is 0 Å². The predicted octanol–water partition coefficient (Wildman–Crippen LogP) is 7.97. The molecule has 2 rings (SSSR count). The summed E-state index contributed by atoms with van der Waals surface area (Å²) in [7, 11) is -3.27. The molecule has 29 heavy (non-hydrogen) atoms. The van der Waals surface area contributed by atoms with E-state index in [1.807, 2.05) is 0 Å². The van der Waals surface area contributed by atoms with E-state index in [0.29, 0.717) is 17.4 Å². The fourth-order valence-corrected chi connectivity index (χ4v) is 9.68. The molecule has 1 nitrogen and oxygen atoms in total. The predicted molar refractivity (Wildman–Crippen MR) is 135 cm³/mol. The van der Waals surface area contributed by atoms with Gasteiger partial charge in [-0.05, 0) is 61.4 Å². The molecule has 0 amide bonds. The molecule has 0 aromatic heterocycles. The van der Waals surface area contributed by atoms with Gasteiger partial charge in [0.25, 0.3) is 0 Å². The summed E-state index contributed by atoms with van der Waals surface area (Å²) in [4.78, 5) is 0. The van der Waals surface area contributed by atoms with Gasteiger partial charge in [-0.3, -0.25) is 0 Å². The molecule has 164 valence electrons. The van der Waals surface area contributed by atoms with Crippen LogP contribution in [-0.4, -0.2) is 16.4 Å². The Balaban J connectivity index is 2.46. The van der Waals surface area contributed by atoms with Crippen molar-refractivity contribution in [2.45, 2.75) is 98.1 Å². The van der Waals surface area contributed by atoms with Crippen LogP contribution in [-0.2, 0) is 4.43 Å². The normalized spacial score (nSPS) is 22.1. The zero-order valence-corrected chi connectivity index (χ0v) is 22.6. The van der Waals surface area contributed by atoms with E-state index in [9.17, 15) is 0 Å². The van der Waals surface area contributed by atoms with Crippen molar-refractivity contribution in [3.05, 3.63) is 41.7 Å². The topological polar surface area (TPSA) is 9.23 Å². The van der Waals surface area contributed by atoms with E-state index < -0.39 is 16.4 Å². The van der Waals surface area contributed by atoms with Gasteiger partial charge in [0.2, 0.25) is 8.32 Å². The molecule has 0 spiro atoms. The fraction of sp³-hybridized carbons (Fsp3) is 0.692. The maximum Gasteiger partial charge on any atom is 0.241 e. The molecule has 3 heteroatoms. The van der Waals surface area contributed by atoms with E-state index in [0.717, 1.165) is 12.3 Å². The average molecular weight is 431 g/mol. The van der Waals surface area contributed by atoms with Crippen LogP contribution >= 0.6 is 0 Å². The SMILES string of the molecule is CC(C)CCC[C@@H](C)C1=C(O[Si](C)(C)C)C[C@H](C)C[C@H]1[Si](C)(C)c1ccccc1. The minimum absolute atomic E-state index is 0.632. The molecule has 0 radical (unpaired) electrons. The van der Waals surface area contributed by atoms with E-state index in [1.165, 1.54) is 31.4 Å². The van der Waals surface area contributed by atoms with Crippen molar-refractivity contribution in [1.82, 2.24) is 0 Å². The summed E-state index contributed by atoms with van der Waals surface area (Å²) in [6.45, 7) is 21.8. The van der Waals surface area contributed by atoms with Crippen LogP contribution in [0.1, 0.15) is 59.8 Å². The fourth-order valence-electron chi connectivity index (χ4n) is 5.07. The first-order valence-electron chi connectivity index (χ1n) is 11.9. The molecule has 0 heterocycles. The number of hydrogen-bond acceptors (Lipinski definition) is 1. The summed E-state index contributed by atoms with van der Waals surface area (Å²) in [5.41, 5.74) is 2.39. The van der Waals surface area contributed by atoms with Crippen molar-refractivity contribution < 1.29 is 4.43 Å². The Morgan fingerprint density at radius 3 is 2.14 bits per heavy atom. The minimum atomic E-state index is -1.65. The van der Waals surface area contributed by atoms with Crippen LogP contribution in [0.25, 0.3) is 0 Å². The summed E-state index contributed by atoms with van der Waals surface area (Å²) < 4.78 is 6.81. The van der Waals surface area contributed by atoms with E-state index in [-0.39, 0.29) is 0 Å². The van der Waals surface area contributed by atoms with Gasteiger partial charge in [0.1, 0.15) is 0 Å². The van der Waals surface area contributed by atoms with Crippen LogP contribution in [0.15, 0.2) is 41.7 Å². The molecule has 3 atom stereocenters. The second-order valence-corrected chi connectivity index (χ2v) is 20.7. The molecule has 0 N–H and O–H groups in total. The van der Waals surface area contributed by atoms with Gasteiger partial charge in [0.05, 0.1) is 13.8 Å². The summed E-state index contributed by atoms with van der Waals surface area (Å²) >= 11 is 0. The third-order valence-electron chi connectivity index (χ3n) is 6.64. The highest BCUT2D eigenvalue weighted by molar-refractivity contribution is 6.91. The zero-order valence-electron chi connectivity index (χ0n) is 20.6. The highest BCUT2D eigenvalue weighted by Gasteiger charge is 2.43. The van der Waals surface area contributed by atoms with Gasteiger partial charge in [-0.2, -0.15) is 0 Å². The zero-order chi connectivity index (χ0) is 21.8. The molecule has 0 saturated heterocycles. The Bertz CT molecular complexity index is 670. The summed E-state index contributed by atoms with van der Waals surface area (Å²) in [6.07, 6.45) is 6.44. The molecule has 0 aliphatic heterocycles. The molecular formula is C26H46OSi2. The first-order chi connectivity index (χ1) is 13.4. The van der Waals surface area contributed by atoms with E-state index >= 15 is 0 Å². The summed E-state index contributed by atoms with van der Waals surface area (Å²) in [6, 6.07) is 11.4. The van der Waals surface area contributed by atoms with E-state index in [4.69, 9.17) is 4.43 Å². The maximum absolute atomic E-state index is 6.81. The van der Waals surface area contributed by atoms with Crippen LogP contribution in [0.4, 0.5) is 0 Å². The van der Waals surface area contributed by atoms with Crippen molar-refractivity contribution in [2.75, 3.05) is 0 Å². The summed E-state index contributed by atoms with van der Waals surface area (Å²) in [5.74, 6) is 3.54. The van der Waals surface area contributed by atoms with Gasteiger partial charge in [-0.25, -0.2) is 0 Å². The van der Waals surface area contributed by atoms with Crippen LogP contribution < -0.4 is 5.19 Å². The Hall–Kier alpha value is -0.806. The second kappa shape index (κ2) is 10.0. The Morgan fingerprint density at radius 1 is 0.966 bits per heavy atom. The molecule has 0 saturated carbocycles. The van der Waals surface area contributed by atoms with Crippen molar-refractivity contribution in [3.8, 4) is 0 Å². The number of rotatable bonds is 9. The first kappa shape index (κ1) is 24.5. The van der Waals surface area contributed by atoms with Crippen LogP contribution in [0, 0.1) is 17.8 Å². The van der Waals surface area contributed by atoms with Gasteiger partial charge in [0.15, 0.2) is 0 Å². The van der Waals surface area contributed by atoms with Gasteiger partial charge in [-0.15, -0.1) is 0 Å².